The molecule has 1 aromatic carbocycles. The van der Waals surface area contributed by atoms with Crippen molar-refractivity contribution in [2.24, 2.45) is 5.92 Å². The Morgan fingerprint density at radius 3 is 2.53 bits per heavy atom. The van der Waals surface area contributed by atoms with Crippen LogP contribution in [0.25, 0.3) is 0 Å². The Bertz CT molecular complexity index is 450. The molecule has 0 saturated heterocycles. The van der Waals surface area contributed by atoms with Crippen LogP contribution in [0.15, 0.2) is 18.2 Å². The fraction of sp³-hybridized carbons (Fsp3) is 0.538. The molecule has 6 heteroatoms. The van der Waals surface area contributed by atoms with E-state index in [1.807, 2.05) is 6.07 Å². The molecular weight excluding hydrogens is 390 g/mol. The Balaban J connectivity index is 2.15. The lowest BCUT2D eigenvalue weighted by Gasteiger charge is -2.34. The minimum atomic E-state index is -4.15. The molecule has 0 bridgehead atoms. The summed E-state index contributed by atoms with van der Waals surface area (Å²) >= 11 is 8.18. The lowest BCUT2D eigenvalue weighted by Crippen LogP contribution is -2.41. The van der Waals surface area contributed by atoms with Crippen LogP contribution >= 0.6 is 34.2 Å². The van der Waals surface area contributed by atoms with Crippen molar-refractivity contribution >= 4 is 39.9 Å². The van der Waals surface area contributed by atoms with E-state index in [9.17, 15) is 13.2 Å². The van der Waals surface area contributed by atoms with Gasteiger partial charge in [0.15, 0.2) is 0 Å². The third-order valence-corrected chi connectivity index (χ3v) is 4.44. The molecule has 19 heavy (non-hydrogen) atoms. The first-order valence-electron chi connectivity index (χ1n) is 6.16. The van der Waals surface area contributed by atoms with E-state index in [0.717, 1.165) is 9.99 Å². The summed E-state index contributed by atoms with van der Waals surface area (Å²) in [7, 11) is 0. The second-order valence-electron chi connectivity index (χ2n) is 4.81. The van der Waals surface area contributed by atoms with E-state index in [2.05, 4.69) is 27.9 Å². The smallest absolute Gasteiger partial charge is 0.380 e. The van der Waals surface area contributed by atoms with E-state index in [1.54, 1.807) is 12.1 Å². The van der Waals surface area contributed by atoms with E-state index in [1.165, 1.54) is 0 Å². The van der Waals surface area contributed by atoms with Gasteiger partial charge in [0, 0.05) is 9.61 Å². The summed E-state index contributed by atoms with van der Waals surface area (Å²) in [6.45, 7) is 0. The molecule has 1 saturated carbocycles. The summed E-state index contributed by atoms with van der Waals surface area (Å²) in [5.74, 6) is -1.28. The zero-order valence-electron chi connectivity index (χ0n) is 10.1. The molecule has 1 fully saturated rings. The molecular formula is C13H14ClF3IN. The van der Waals surface area contributed by atoms with Gasteiger partial charge in [0.1, 0.15) is 0 Å². The number of halogens is 5. The maximum absolute atomic E-state index is 13.0. The van der Waals surface area contributed by atoms with Crippen molar-refractivity contribution in [3.8, 4) is 0 Å². The zero-order valence-corrected chi connectivity index (χ0v) is 13.0. The van der Waals surface area contributed by atoms with Crippen LogP contribution in [0.3, 0.4) is 0 Å². The first-order chi connectivity index (χ1) is 8.88. The number of rotatable bonds is 2. The maximum atomic E-state index is 13.0. The highest BCUT2D eigenvalue weighted by atomic mass is 127. The van der Waals surface area contributed by atoms with Gasteiger partial charge in [-0.25, -0.2) is 0 Å². The van der Waals surface area contributed by atoms with Crippen LogP contribution in [0, 0.1) is 9.49 Å². The molecule has 0 aromatic heterocycles. The van der Waals surface area contributed by atoms with Crippen molar-refractivity contribution in [1.29, 1.82) is 0 Å². The van der Waals surface area contributed by atoms with E-state index in [4.69, 9.17) is 11.6 Å². The average molecular weight is 404 g/mol. The first-order valence-corrected chi connectivity index (χ1v) is 7.62. The van der Waals surface area contributed by atoms with Gasteiger partial charge in [0.25, 0.3) is 0 Å². The van der Waals surface area contributed by atoms with Gasteiger partial charge < -0.3 is 5.32 Å². The molecule has 1 aliphatic carbocycles. The van der Waals surface area contributed by atoms with E-state index >= 15 is 0 Å². The Kier molecular flexibility index (Phi) is 4.87. The monoisotopic (exact) mass is 403 g/mol. The highest BCUT2D eigenvalue weighted by molar-refractivity contribution is 14.1. The Hall–Kier alpha value is -0.170. The van der Waals surface area contributed by atoms with Gasteiger partial charge in [0.05, 0.1) is 16.6 Å². The van der Waals surface area contributed by atoms with Gasteiger partial charge in [-0.1, -0.05) is 24.4 Å². The van der Waals surface area contributed by atoms with Crippen molar-refractivity contribution in [3.63, 3.8) is 0 Å². The summed E-state index contributed by atoms with van der Waals surface area (Å²) in [4.78, 5) is 0. The van der Waals surface area contributed by atoms with Crippen LogP contribution in [0.1, 0.15) is 25.7 Å². The lowest BCUT2D eigenvalue weighted by atomic mass is 9.84. The zero-order chi connectivity index (χ0) is 14.0. The Labute approximate surface area is 129 Å². The standard InChI is InChI=1S/C13H14ClF3IN/c14-10-7-8(18)5-6-12(10)19-11-4-2-1-3-9(11)13(15,16)17/h5-7,9,11,19H,1-4H2. The largest absolute Gasteiger partial charge is 0.393 e. The first kappa shape index (κ1) is 15.2. The van der Waals surface area contributed by atoms with Gasteiger partial charge in [-0.05, 0) is 53.6 Å². The summed E-state index contributed by atoms with van der Waals surface area (Å²) in [5, 5.41) is 3.45. The van der Waals surface area contributed by atoms with Crippen molar-refractivity contribution < 1.29 is 13.2 Å². The fourth-order valence-corrected chi connectivity index (χ4v) is 3.41. The number of benzene rings is 1. The van der Waals surface area contributed by atoms with E-state index in [0.29, 0.717) is 23.6 Å². The molecule has 0 amide bonds. The van der Waals surface area contributed by atoms with Gasteiger partial charge >= 0.3 is 6.18 Å². The average Bonchev–Trinajstić information content (AvgIpc) is 2.32. The minimum absolute atomic E-state index is 0.198. The van der Waals surface area contributed by atoms with Crippen LogP contribution in [-0.2, 0) is 0 Å². The van der Waals surface area contributed by atoms with E-state index in [-0.39, 0.29) is 6.42 Å². The highest BCUT2D eigenvalue weighted by Crippen LogP contribution is 2.39. The third kappa shape index (κ3) is 3.90. The Morgan fingerprint density at radius 2 is 1.89 bits per heavy atom. The molecule has 1 aliphatic rings. The summed E-state index contributed by atoms with van der Waals surface area (Å²) in [6, 6.07) is 4.74. The minimum Gasteiger partial charge on any atom is -0.380 e. The van der Waals surface area contributed by atoms with Gasteiger partial charge in [0.2, 0.25) is 0 Å². The van der Waals surface area contributed by atoms with Gasteiger partial charge in [-0.2, -0.15) is 13.2 Å². The number of hydrogen-bond acceptors (Lipinski definition) is 1. The second kappa shape index (κ2) is 6.08. The molecule has 2 unspecified atom stereocenters. The van der Waals surface area contributed by atoms with Crippen molar-refractivity contribution in [2.45, 2.75) is 37.9 Å². The lowest BCUT2D eigenvalue weighted by molar-refractivity contribution is -0.184. The SMILES string of the molecule is FC(F)(F)C1CCCCC1Nc1ccc(I)cc1Cl. The number of anilines is 1. The molecule has 1 nitrogen and oxygen atoms in total. The molecule has 0 aliphatic heterocycles. The Morgan fingerprint density at radius 1 is 1.21 bits per heavy atom. The molecule has 1 N–H and O–H groups in total. The van der Waals surface area contributed by atoms with Crippen LogP contribution < -0.4 is 5.32 Å². The van der Waals surface area contributed by atoms with Crippen molar-refractivity contribution in [3.05, 3.63) is 26.8 Å². The molecule has 1 aromatic rings. The number of nitrogens with one attached hydrogen (secondary N) is 1. The van der Waals surface area contributed by atoms with Crippen LogP contribution in [0.2, 0.25) is 5.02 Å². The van der Waals surface area contributed by atoms with Gasteiger partial charge in [-0.15, -0.1) is 0 Å². The highest BCUT2D eigenvalue weighted by Gasteiger charge is 2.45. The predicted octanol–water partition coefficient (Wildman–Crippen LogP) is 5.48. The summed E-state index contributed by atoms with van der Waals surface area (Å²) < 4.78 is 39.9. The van der Waals surface area contributed by atoms with Crippen LogP contribution in [0.4, 0.5) is 18.9 Å². The third-order valence-electron chi connectivity index (χ3n) is 3.46. The second-order valence-corrected chi connectivity index (χ2v) is 6.46. The molecule has 2 rings (SSSR count). The molecule has 0 heterocycles. The van der Waals surface area contributed by atoms with E-state index < -0.39 is 18.1 Å². The fourth-order valence-electron chi connectivity index (χ4n) is 2.50. The molecule has 2 atom stereocenters. The molecule has 0 spiro atoms. The van der Waals surface area contributed by atoms with Crippen LogP contribution in [0.5, 0.6) is 0 Å². The topological polar surface area (TPSA) is 12.0 Å². The van der Waals surface area contributed by atoms with Crippen molar-refractivity contribution in [2.75, 3.05) is 5.32 Å². The normalized spacial score (nSPS) is 24.3. The van der Waals surface area contributed by atoms with Gasteiger partial charge in [-0.3, -0.25) is 0 Å². The maximum Gasteiger partial charge on any atom is 0.393 e. The summed E-state index contributed by atoms with van der Waals surface area (Å²) in [6.07, 6.45) is -1.95. The summed E-state index contributed by atoms with van der Waals surface area (Å²) in [5.41, 5.74) is 0.586. The van der Waals surface area contributed by atoms with Crippen molar-refractivity contribution in [1.82, 2.24) is 0 Å². The number of hydrogen-bond donors (Lipinski definition) is 1. The molecule has 0 radical (unpaired) electrons. The van der Waals surface area contributed by atoms with Crippen LogP contribution in [-0.4, -0.2) is 12.2 Å². The number of alkyl halides is 3. The predicted molar refractivity (Wildman–Crippen MR) is 79.6 cm³/mol. The quantitative estimate of drug-likeness (QED) is 0.645. The molecule has 106 valence electrons.